The van der Waals surface area contributed by atoms with Crippen molar-refractivity contribution in [1.29, 1.82) is 0 Å². The second-order valence-electron chi connectivity index (χ2n) is 7.83. The van der Waals surface area contributed by atoms with Gasteiger partial charge in [-0.15, -0.1) is 0 Å². The number of oxazole rings is 1. The summed E-state index contributed by atoms with van der Waals surface area (Å²) in [6.45, 7) is 1.82. The Morgan fingerprint density at radius 3 is 2.56 bits per heavy atom. The van der Waals surface area contributed by atoms with E-state index < -0.39 is 23.1 Å². The maximum atomic E-state index is 13.9. The standard InChI is InChI=1S/C27H23F2N3O4/c1-17-24(16-30-26(34)21-15-18(28)11-12-22(21)29)32-27(36-17)20-9-5-6-10-23(20)31-25(33)13-14-35-19-7-3-2-4-8-19/h2-12,15H,13-14,16H2,1H3,(H,30,34)(H,31,33). The molecule has 0 unspecified atom stereocenters. The Labute approximate surface area is 206 Å². The Morgan fingerprint density at radius 1 is 1.00 bits per heavy atom. The number of ether oxygens (including phenoxy) is 1. The lowest BCUT2D eigenvalue weighted by molar-refractivity contribution is -0.116. The van der Waals surface area contributed by atoms with Gasteiger partial charge in [0.05, 0.1) is 36.4 Å². The van der Waals surface area contributed by atoms with Crippen LogP contribution in [0, 0.1) is 18.6 Å². The van der Waals surface area contributed by atoms with Gasteiger partial charge in [-0.3, -0.25) is 9.59 Å². The Hall–Kier alpha value is -4.53. The minimum atomic E-state index is -0.828. The summed E-state index contributed by atoms with van der Waals surface area (Å²) < 4.78 is 38.6. The van der Waals surface area contributed by atoms with Crippen LogP contribution in [0.3, 0.4) is 0 Å². The first kappa shape index (κ1) is 24.6. The Kier molecular flexibility index (Phi) is 7.69. The van der Waals surface area contributed by atoms with Crippen molar-refractivity contribution >= 4 is 17.5 Å². The first-order chi connectivity index (χ1) is 17.4. The summed E-state index contributed by atoms with van der Waals surface area (Å²) >= 11 is 0. The third-order valence-corrected chi connectivity index (χ3v) is 5.25. The van der Waals surface area contributed by atoms with Crippen molar-refractivity contribution < 1.29 is 27.5 Å². The Bertz CT molecular complexity index is 1370. The van der Waals surface area contributed by atoms with Gasteiger partial charge >= 0.3 is 0 Å². The zero-order valence-corrected chi connectivity index (χ0v) is 19.4. The van der Waals surface area contributed by atoms with Crippen LogP contribution in [0.2, 0.25) is 0 Å². The van der Waals surface area contributed by atoms with Crippen molar-refractivity contribution in [3.63, 3.8) is 0 Å². The second-order valence-corrected chi connectivity index (χ2v) is 7.83. The van der Waals surface area contributed by atoms with E-state index in [9.17, 15) is 18.4 Å². The highest BCUT2D eigenvalue weighted by molar-refractivity contribution is 5.95. The van der Waals surface area contributed by atoms with Crippen molar-refractivity contribution in [2.24, 2.45) is 0 Å². The number of rotatable bonds is 9. The van der Waals surface area contributed by atoms with Crippen LogP contribution in [-0.2, 0) is 11.3 Å². The molecule has 7 nitrogen and oxygen atoms in total. The topological polar surface area (TPSA) is 93.5 Å². The lowest BCUT2D eigenvalue weighted by Gasteiger charge is -2.10. The monoisotopic (exact) mass is 491 g/mol. The number of benzene rings is 3. The average Bonchev–Trinajstić information content (AvgIpc) is 3.25. The van der Waals surface area contributed by atoms with Gasteiger partial charge in [0.2, 0.25) is 11.8 Å². The highest BCUT2D eigenvalue weighted by Crippen LogP contribution is 2.29. The van der Waals surface area contributed by atoms with Crippen molar-refractivity contribution in [1.82, 2.24) is 10.3 Å². The maximum Gasteiger partial charge on any atom is 0.254 e. The van der Waals surface area contributed by atoms with Gasteiger partial charge in [0.1, 0.15) is 28.8 Å². The minimum Gasteiger partial charge on any atom is -0.493 e. The number of amides is 2. The summed E-state index contributed by atoms with van der Waals surface area (Å²) in [7, 11) is 0. The van der Waals surface area contributed by atoms with Gasteiger partial charge in [-0.05, 0) is 49.4 Å². The Morgan fingerprint density at radius 2 is 1.75 bits per heavy atom. The van der Waals surface area contributed by atoms with Crippen LogP contribution >= 0.6 is 0 Å². The number of halogens is 2. The van der Waals surface area contributed by atoms with E-state index in [1.54, 1.807) is 31.2 Å². The zero-order chi connectivity index (χ0) is 25.5. The molecule has 0 saturated carbocycles. The molecule has 36 heavy (non-hydrogen) atoms. The molecule has 0 atom stereocenters. The molecule has 4 aromatic rings. The zero-order valence-electron chi connectivity index (χ0n) is 19.4. The molecule has 0 saturated heterocycles. The maximum absolute atomic E-state index is 13.9. The van der Waals surface area contributed by atoms with E-state index in [-0.39, 0.29) is 31.4 Å². The fourth-order valence-corrected chi connectivity index (χ4v) is 3.41. The number of para-hydroxylation sites is 2. The van der Waals surface area contributed by atoms with Crippen LogP contribution in [-0.4, -0.2) is 23.4 Å². The highest BCUT2D eigenvalue weighted by atomic mass is 19.1. The van der Waals surface area contributed by atoms with Crippen LogP contribution in [0.5, 0.6) is 5.75 Å². The molecule has 4 rings (SSSR count). The number of nitrogens with one attached hydrogen (secondary N) is 2. The predicted octanol–water partition coefficient (Wildman–Crippen LogP) is 5.27. The van der Waals surface area contributed by atoms with Gasteiger partial charge in [0, 0.05) is 0 Å². The molecule has 2 N–H and O–H groups in total. The summed E-state index contributed by atoms with van der Waals surface area (Å²) in [6.07, 6.45) is 0.141. The van der Waals surface area contributed by atoms with E-state index in [2.05, 4.69) is 15.6 Å². The van der Waals surface area contributed by atoms with Gasteiger partial charge in [-0.2, -0.15) is 0 Å². The van der Waals surface area contributed by atoms with Gasteiger partial charge in [-0.25, -0.2) is 13.8 Å². The number of carbonyl (C=O) groups excluding carboxylic acids is 2. The molecule has 1 heterocycles. The molecule has 2 amide bonds. The molecule has 3 aromatic carbocycles. The summed E-state index contributed by atoms with van der Waals surface area (Å²) in [5.74, 6) is -1.21. The first-order valence-electron chi connectivity index (χ1n) is 11.2. The summed E-state index contributed by atoms with van der Waals surface area (Å²) in [4.78, 5) is 29.2. The van der Waals surface area contributed by atoms with Gasteiger partial charge in [-0.1, -0.05) is 30.3 Å². The average molecular weight is 491 g/mol. The summed E-state index contributed by atoms with van der Waals surface area (Å²) in [5.41, 5.74) is 1.06. The molecule has 184 valence electrons. The van der Waals surface area contributed by atoms with Crippen LogP contribution in [0.15, 0.2) is 77.2 Å². The lowest BCUT2D eigenvalue weighted by atomic mass is 10.1. The molecule has 0 bridgehead atoms. The highest BCUT2D eigenvalue weighted by Gasteiger charge is 2.18. The van der Waals surface area contributed by atoms with Crippen molar-refractivity contribution in [2.75, 3.05) is 11.9 Å². The second kappa shape index (κ2) is 11.3. The third-order valence-electron chi connectivity index (χ3n) is 5.25. The van der Waals surface area contributed by atoms with E-state index in [4.69, 9.17) is 9.15 Å². The first-order valence-corrected chi connectivity index (χ1v) is 11.2. The normalized spacial score (nSPS) is 10.6. The number of anilines is 1. The molecule has 9 heteroatoms. The number of aryl methyl sites for hydroxylation is 1. The van der Waals surface area contributed by atoms with E-state index >= 15 is 0 Å². The Balaban J connectivity index is 1.40. The lowest BCUT2D eigenvalue weighted by Crippen LogP contribution is -2.24. The quantitative estimate of drug-likeness (QED) is 0.333. The molecule has 0 fully saturated rings. The van der Waals surface area contributed by atoms with E-state index in [1.807, 2.05) is 30.3 Å². The van der Waals surface area contributed by atoms with Crippen LogP contribution < -0.4 is 15.4 Å². The van der Waals surface area contributed by atoms with Crippen molar-refractivity contribution in [3.8, 4) is 17.2 Å². The smallest absolute Gasteiger partial charge is 0.254 e. The van der Waals surface area contributed by atoms with Gasteiger partial charge in [0.25, 0.3) is 5.91 Å². The third kappa shape index (κ3) is 6.12. The molecular formula is C27H23F2N3O4. The van der Waals surface area contributed by atoms with E-state index in [0.717, 1.165) is 18.2 Å². The van der Waals surface area contributed by atoms with E-state index in [0.29, 0.717) is 28.5 Å². The number of hydrogen-bond donors (Lipinski definition) is 2. The molecule has 0 aliphatic heterocycles. The molecular weight excluding hydrogens is 468 g/mol. The van der Waals surface area contributed by atoms with Crippen LogP contribution in [0.1, 0.15) is 28.2 Å². The summed E-state index contributed by atoms with van der Waals surface area (Å²) in [6, 6.07) is 18.9. The molecule has 1 aromatic heterocycles. The fourth-order valence-electron chi connectivity index (χ4n) is 3.41. The predicted molar refractivity (Wildman–Crippen MR) is 129 cm³/mol. The van der Waals surface area contributed by atoms with E-state index in [1.165, 1.54) is 0 Å². The molecule has 0 aliphatic rings. The fraction of sp³-hybridized carbons (Fsp3) is 0.148. The largest absolute Gasteiger partial charge is 0.493 e. The molecule has 0 aliphatic carbocycles. The van der Waals surface area contributed by atoms with Crippen molar-refractivity contribution in [2.45, 2.75) is 19.9 Å². The van der Waals surface area contributed by atoms with Gasteiger partial charge in [0.15, 0.2) is 0 Å². The van der Waals surface area contributed by atoms with Crippen LogP contribution in [0.25, 0.3) is 11.5 Å². The molecule has 0 spiro atoms. The van der Waals surface area contributed by atoms with Gasteiger partial charge < -0.3 is 19.8 Å². The minimum absolute atomic E-state index is 0.0600. The summed E-state index contributed by atoms with van der Waals surface area (Å²) in [5, 5.41) is 5.36. The number of carbonyl (C=O) groups is 2. The van der Waals surface area contributed by atoms with Crippen molar-refractivity contribution in [3.05, 3.63) is 101 Å². The molecule has 0 radical (unpaired) electrons. The number of hydrogen-bond acceptors (Lipinski definition) is 5. The number of nitrogens with zero attached hydrogens (tertiary/aromatic N) is 1. The van der Waals surface area contributed by atoms with Crippen LogP contribution in [0.4, 0.5) is 14.5 Å². The SMILES string of the molecule is Cc1oc(-c2ccccc2NC(=O)CCOc2ccccc2)nc1CNC(=O)c1cc(F)ccc1F. The number of aromatic nitrogens is 1.